The van der Waals surface area contributed by atoms with Gasteiger partial charge in [0.2, 0.25) is 0 Å². The maximum atomic E-state index is 11.2. The van der Waals surface area contributed by atoms with Gasteiger partial charge in [0.25, 0.3) is 0 Å². The zero-order valence-electron chi connectivity index (χ0n) is 9.50. The van der Waals surface area contributed by atoms with Crippen molar-refractivity contribution in [1.82, 2.24) is 5.32 Å². The lowest BCUT2D eigenvalue weighted by atomic mass is 10.1. The van der Waals surface area contributed by atoms with Crippen LogP contribution in [0.5, 0.6) is 0 Å². The maximum Gasteiger partial charge on any atom is 0.0498 e. The van der Waals surface area contributed by atoms with E-state index in [1.807, 2.05) is 24.3 Å². The molecule has 0 heterocycles. The molecule has 88 valence electrons. The molecule has 1 rings (SSSR count). The van der Waals surface area contributed by atoms with Crippen LogP contribution in [0.3, 0.4) is 0 Å². The van der Waals surface area contributed by atoms with E-state index in [2.05, 4.69) is 34.7 Å². The predicted octanol–water partition coefficient (Wildman–Crippen LogP) is 2.98. The first kappa shape index (κ1) is 13.6. The molecule has 2 atom stereocenters. The number of rotatable bonds is 5. The van der Waals surface area contributed by atoms with Crippen LogP contribution in [0.4, 0.5) is 0 Å². The molecule has 2 nitrogen and oxygen atoms in total. The van der Waals surface area contributed by atoms with Gasteiger partial charge in [-0.1, -0.05) is 34.6 Å². The Labute approximate surface area is 108 Å². The molecule has 0 saturated carbocycles. The molecule has 2 unspecified atom stereocenters. The molecule has 0 fully saturated rings. The van der Waals surface area contributed by atoms with Crippen LogP contribution in [0.2, 0.25) is 0 Å². The number of benzene rings is 1. The van der Waals surface area contributed by atoms with E-state index in [9.17, 15) is 4.21 Å². The summed E-state index contributed by atoms with van der Waals surface area (Å²) < 4.78 is 12.2. The summed E-state index contributed by atoms with van der Waals surface area (Å²) in [6, 6.07) is 8.09. The van der Waals surface area contributed by atoms with Gasteiger partial charge in [-0.3, -0.25) is 4.21 Å². The van der Waals surface area contributed by atoms with Gasteiger partial charge in [-0.25, -0.2) is 0 Å². The molecule has 0 amide bonds. The Kier molecular flexibility index (Phi) is 5.38. The second-order valence-electron chi connectivity index (χ2n) is 3.64. The Morgan fingerprint density at radius 2 is 2.06 bits per heavy atom. The third kappa shape index (κ3) is 4.20. The highest BCUT2D eigenvalue weighted by atomic mass is 79.9. The summed E-state index contributed by atoms with van der Waals surface area (Å²) >= 11 is 3.31. The molecule has 0 aliphatic heterocycles. The normalized spacial score (nSPS) is 14.4. The highest BCUT2D eigenvalue weighted by Crippen LogP contribution is 2.15. The largest absolute Gasteiger partial charge is 0.306 e. The summed E-state index contributed by atoms with van der Waals surface area (Å²) in [5.41, 5.74) is 1.18. The van der Waals surface area contributed by atoms with E-state index in [0.29, 0.717) is 0 Å². The predicted molar refractivity (Wildman–Crippen MR) is 73.3 cm³/mol. The van der Waals surface area contributed by atoms with Crippen LogP contribution in [0.15, 0.2) is 40.2 Å². The second-order valence-corrected chi connectivity index (χ2v) is 6.14. The van der Waals surface area contributed by atoms with Crippen molar-refractivity contribution in [3.63, 3.8) is 0 Å². The standard InChI is InChI=1S/C12H16BrNOS/c1-9(13)8-14-10(2)11-4-6-12(7-5-11)16(3)15/h4-7,10,14H,1,8H2,2-3H3. The van der Waals surface area contributed by atoms with E-state index in [1.54, 1.807) is 6.26 Å². The van der Waals surface area contributed by atoms with Crippen LogP contribution in [0.25, 0.3) is 0 Å². The van der Waals surface area contributed by atoms with Gasteiger partial charge in [0.05, 0.1) is 0 Å². The lowest BCUT2D eigenvalue weighted by molar-refractivity contribution is 0.615. The number of halogens is 1. The van der Waals surface area contributed by atoms with Gasteiger partial charge in [0, 0.05) is 39.0 Å². The van der Waals surface area contributed by atoms with Crippen molar-refractivity contribution >= 4 is 26.7 Å². The van der Waals surface area contributed by atoms with Crippen molar-refractivity contribution in [2.45, 2.75) is 17.9 Å². The lowest BCUT2D eigenvalue weighted by Gasteiger charge is -2.14. The first-order valence-corrected chi connectivity index (χ1v) is 7.36. The van der Waals surface area contributed by atoms with Gasteiger partial charge in [0.1, 0.15) is 0 Å². The summed E-state index contributed by atoms with van der Waals surface area (Å²) in [7, 11) is -0.904. The second kappa shape index (κ2) is 6.33. The van der Waals surface area contributed by atoms with E-state index >= 15 is 0 Å². The fraction of sp³-hybridized carbons (Fsp3) is 0.333. The Bertz CT molecular complexity index is 389. The van der Waals surface area contributed by atoms with Crippen LogP contribution >= 0.6 is 15.9 Å². The highest BCUT2D eigenvalue weighted by molar-refractivity contribution is 9.11. The Balaban J connectivity index is 2.66. The van der Waals surface area contributed by atoms with E-state index in [1.165, 1.54) is 5.56 Å². The summed E-state index contributed by atoms with van der Waals surface area (Å²) in [4.78, 5) is 0.862. The number of hydrogen-bond donors (Lipinski definition) is 1. The average Bonchev–Trinajstić information content (AvgIpc) is 2.26. The third-order valence-corrected chi connectivity index (χ3v) is 3.53. The molecule has 1 aromatic carbocycles. The molecular formula is C12H16BrNOS. The molecule has 0 bridgehead atoms. The summed E-state index contributed by atoms with van der Waals surface area (Å²) in [6.45, 7) is 6.60. The van der Waals surface area contributed by atoms with E-state index in [4.69, 9.17) is 0 Å². The summed E-state index contributed by atoms with van der Waals surface area (Å²) in [5.74, 6) is 0. The van der Waals surface area contributed by atoms with E-state index < -0.39 is 10.8 Å². The van der Waals surface area contributed by atoms with Crippen molar-refractivity contribution in [2.75, 3.05) is 12.8 Å². The van der Waals surface area contributed by atoms with E-state index in [-0.39, 0.29) is 6.04 Å². The van der Waals surface area contributed by atoms with Crippen molar-refractivity contribution in [3.05, 3.63) is 40.9 Å². The average molecular weight is 302 g/mol. The van der Waals surface area contributed by atoms with Gasteiger partial charge >= 0.3 is 0 Å². The Hall–Kier alpha value is -0.450. The molecule has 0 spiro atoms. The molecular weight excluding hydrogens is 286 g/mol. The summed E-state index contributed by atoms with van der Waals surface area (Å²) in [6.07, 6.45) is 1.69. The molecule has 0 aliphatic rings. The van der Waals surface area contributed by atoms with Gasteiger partial charge < -0.3 is 5.32 Å². The minimum atomic E-state index is -0.904. The van der Waals surface area contributed by atoms with Gasteiger partial charge in [-0.2, -0.15) is 0 Å². The Morgan fingerprint density at radius 1 is 1.50 bits per heavy atom. The first-order chi connectivity index (χ1) is 7.50. The fourth-order valence-corrected chi connectivity index (χ4v) is 2.01. The summed E-state index contributed by atoms with van der Waals surface area (Å²) in [5, 5.41) is 3.32. The monoisotopic (exact) mass is 301 g/mol. The van der Waals surface area contributed by atoms with Crippen molar-refractivity contribution in [1.29, 1.82) is 0 Å². The minimum absolute atomic E-state index is 0.258. The van der Waals surface area contributed by atoms with Crippen LogP contribution in [0, 0.1) is 0 Å². The molecule has 1 aromatic rings. The quantitative estimate of drug-likeness (QED) is 0.906. The first-order valence-electron chi connectivity index (χ1n) is 5.00. The Morgan fingerprint density at radius 3 is 2.50 bits per heavy atom. The third-order valence-electron chi connectivity index (χ3n) is 2.31. The van der Waals surface area contributed by atoms with Crippen LogP contribution in [0.1, 0.15) is 18.5 Å². The molecule has 4 heteroatoms. The molecule has 0 saturated heterocycles. The SMILES string of the molecule is C=C(Br)CNC(C)c1ccc(S(C)=O)cc1. The van der Waals surface area contributed by atoms with Gasteiger partial charge in [-0.05, 0) is 24.6 Å². The van der Waals surface area contributed by atoms with Crippen molar-refractivity contribution in [3.8, 4) is 0 Å². The topological polar surface area (TPSA) is 29.1 Å². The van der Waals surface area contributed by atoms with Crippen LogP contribution < -0.4 is 5.32 Å². The maximum absolute atomic E-state index is 11.2. The zero-order chi connectivity index (χ0) is 12.1. The van der Waals surface area contributed by atoms with Gasteiger partial charge in [-0.15, -0.1) is 0 Å². The molecule has 0 radical (unpaired) electrons. The smallest absolute Gasteiger partial charge is 0.0498 e. The van der Waals surface area contributed by atoms with Crippen molar-refractivity contribution in [2.24, 2.45) is 0 Å². The molecule has 0 aliphatic carbocycles. The fourth-order valence-electron chi connectivity index (χ4n) is 1.33. The highest BCUT2D eigenvalue weighted by Gasteiger charge is 2.05. The molecule has 1 N–H and O–H groups in total. The van der Waals surface area contributed by atoms with Crippen LogP contribution in [-0.2, 0) is 10.8 Å². The van der Waals surface area contributed by atoms with Crippen LogP contribution in [-0.4, -0.2) is 17.0 Å². The van der Waals surface area contributed by atoms with Crippen molar-refractivity contribution < 1.29 is 4.21 Å². The number of nitrogens with one attached hydrogen (secondary N) is 1. The van der Waals surface area contributed by atoms with Gasteiger partial charge in [0.15, 0.2) is 0 Å². The van der Waals surface area contributed by atoms with E-state index in [0.717, 1.165) is 15.9 Å². The zero-order valence-corrected chi connectivity index (χ0v) is 11.9. The minimum Gasteiger partial charge on any atom is -0.306 e. The number of hydrogen-bond acceptors (Lipinski definition) is 2. The molecule has 0 aromatic heterocycles. The molecule has 16 heavy (non-hydrogen) atoms. The lowest BCUT2D eigenvalue weighted by Crippen LogP contribution is -2.19.